The van der Waals surface area contributed by atoms with Gasteiger partial charge in [0.15, 0.2) is 11.5 Å². The van der Waals surface area contributed by atoms with Gasteiger partial charge in [-0.3, -0.25) is 4.72 Å². The zero-order valence-electron chi connectivity index (χ0n) is 18.9. The third-order valence-corrected chi connectivity index (χ3v) is 6.32. The monoisotopic (exact) mass is 488 g/mol. The molecule has 1 unspecified atom stereocenters. The smallest absolute Gasteiger partial charge is 0.229 e. The van der Waals surface area contributed by atoms with Crippen molar-refractivity contribution in [1.82, 2.24) is 5.32 Å². The lowest BCUT2D eigenvalue weighted by Gasteiger charge is -2.28. The predicted molar refractivity (Wildman–Crippen MR) is 135 cm³/mol. The fraction of sp³-hybridized carbons (Fsp3) is 0.280. The lowest BCUT2D eigenvalue weighted by Crippen LogP contribution is -2.31. The molecule has 1 atom stereocenters. The summed E-state index contributed by atoms with van der Waals surface area (Å²) in [5, 5.41) is 3.62. The van der Waals surface area contributed by atoms with E-state index in [1.807, 2.05) is 30.3 Å². The first-order valence-electron chi connectivity index (χ1n) is 10.5. The summed E-state index contributed by atoms with van der Waals surface area (Å²) in [7, 11) is -0.0336. The largest absolute Gasteiger partial charge is 0.493 e. The number of hydrogen-bond acceptors (Lipinski definition) is 5. The topological polar surface area (TPSA) is 76.7 Å². The summed E-state index contributed by atoms with van der Waals surface area (Å²) in [5.41, 5.74) is 6.10. The molecule has 0 saturated carbocycles. The van der Waals surface area contributed by atoms with Crippen LogP contribution in [0.4, 0.5) is 5.69 Å². The second kappa shape index (κ2) is 10.5. The number of benzene rings is 3. The zero-order chi connectivity index (χ0) is 22.7. The van der Waals surface area contributed by atoms with Crippen LogP contribution in [0.1, 0.15) is 22.7 Å². The molecule has 3 aromatic carbocycles. The maximum absolute atomic E-state index is 11.7. The summed E-state index contributed by atoms with van der Waals surface area (Å²) < 4.78 is 37.0. The van der Waals surface area contributed by atoms with Gasteiger partial charge in [0, 0.05) is 11.6 Å². The fourth-order valence-corrected chi connectivity index (χ4v) is 4.81. The van der Waals surface area contributed by atoms with Gasteiger partial charge >= 0.3 is 0 Å². The number of rotatable bonds is 7. The van der Waals surface area contributed by atoms with Gasteiger partial charge < -0.3 is 14.8 Å². The Kier molecular flexibility index (Phi) is 7.89. The first-order chi connectivity index (χ1) is 15.4. The molecule has 0 saturated heterocycles. The Bertz CT molecular complexity index is 1210. The van der Waals surface area contributed by atoms with Crippen molar-refractivity contribution in [3.63, 3.8) is 0 Å². The molecule has 2 N–H and O–H groups in total. The molecule has 1 aliphatic heterocycles. The van der Waals surface area contributed by atoms with Gasteiger partial charge in [-0.15, -0.1) is 12.4 Å². The minimum atomic E-state index is -3.35. The van der Waals surface area contributed by atoms with E-state index in [0.717, 1.165) is 48.3 Å². The van der Waals surface area contributed by atoms with E-state index in [1.165, 1.54) is 16.7 Å². The van der Waals surface area contributed by atoms with Gasteiger partial charge in [0.1, 0.15) is 0 Å². The van der Waals surface area contributed by atoms with Gasteiger partial charge in [0.2, 0.25) is 10.0 Å². The highest BCUT2D eigenvalue weighted by atomic mass is 35.5. The highest BCUT2D eigenvalue weighted by Gasteiger charge is 2.23. The van der Waals surface area contributed by atoms with Crippen molar-refractivity contribution in [3.05, 3.63) is 77.4 Å². The molecular formula is C25H29ClN2O4S. The molecule has 0 radical (unpaired) electrons. The fourth-order valence-electron chi connectivity index (χ4n) is 4.23. The van der Waals surface area contributed by atoms with Gasteiger partial charge in [-0.1, -0.05) is 42.5 Å². The van der Waals surface area contributed by atoms with Crippen LogP contribution in [0.5, 0.6) is 11.5 Å². The summed E-state index contributed by atoms with van der Waals surface area (Å²) in [6.07, 6.45) is 2.95. The van der Waals surface area contributed by atoms with Crippen molar-refractivity contribution in [2.45, 2.75) is 18.9 Å². The molecule has 4 rings (SSSR count). The van der Waals surface area contributed by atoms with Gasteiger partial charge in [0.05, 0.1) is 26.2 Å². The molecule has 8 heteroatoms. The van der Waals surface area contributed by atoms with E-state index in [1.54, 1.807) is 20.3 Å². The molecule has 0 aromatic heterocycles. The summed E-state index contributed by atoms with van der Waals surface area (Å²) in [4.78, 5) is 0. The van der Waals surface area contributed by atoms with Crippen LogP contribution in [-0.2, 0) is 22.9 Å². The third kappa shape index (κ3) is 5.79. The van der Waals surface area contributed by atoms with Crippen LogP contribution in [-0.4, -0.2) is 35.4 Å². The van der Waals surface area contributed by atoms with Crippen LogP contribution in [0.25, 0.3) is 11.1 Å². The van der Waals surface area contributed by atoms with E-state index in [2.05, 4.69) is 34.3 Å². The van der Waals surface area contributed by atoms with Crippen molar-refractivity contribution in [2.24, 2.45) is 0 Å². The van der Waals surface area contributed by atoms with Gasteiger partial charge in [-0.2, -0.15) is 0 Å². The van der Waals surface area contributed by atoms with Crippen LogP contribution < -0.4 is 19.5 Å². The van der Waals surface area contributed by atoms with Gasteiger partial charge in [-0.05, 0) is 59.8 Å². The predicted octanol–water partition coefficient (Wildman–Crippen LogP) is 4.59. The highest BCUT2D eigenvalue weighted by Crippen LogP contribution is 2.36. The van der Waals surface area contributed by atoms with Gasteiger partial charge in [0.25, 0.3) is 0 Å². The maximum Gasteiger partial charge on any atom is 0.229 e. The van der Waals surface area contributed by atoms with E-state index in [4.69, 9.17) is 9.47 Å². The van der Waals surface area contributed by atoms with Crippen molar-refractivity contribution in [3.8, 4) is 22.6 Å². The molecular weight excluding hydrogens is 460 g/mol. The van der Waals surface area contributed by atoms with E-state index < -0.39 is 10.0 Å². The van der Waals surface area contributed by atoms with Crippen LogP contribution in [0.2, 0.25) is 0 Å². The summed E-state index contributed by atoms with van der Waals surface area (Å²) in [5.74, 6) is 1.50. The number of nitrogens with one attached hydrogen (secondary N) is 2. The number of methoxy groups -OCH3 is 2. The molecule has 176 valence electrons. The Morgan fingerprint density at radius 1 is 1.00 bits per heavy atom. The van der Waals surface area contributed by atoms with Crippen LogP contribution in [0.3, 0.4) is 0 Å². The number of para-hydroxylation sites is 1. The van der Waals surface area contributed by atoms with E-state index in [9.17, 15) is 8.42 Å². The Hall–Kier alpha value is -2.74. The van der Waals surface area contributed by atoms with Crippen LogP contribution in [0.15, 0.2) is 60.7 Å². The molecule has 0 fully saturated rings. The van der Waals surface area contributed by atoms with Gasteiger partial charge in [-0.25, -0.2) is 8.42 Å². The summed E-state index contributed by atoms with van der Waals surface area (Å²) in [6.45, 7) is 0.912. The quantitative estimate of drug-likeness (QED) is 0.508. The zero-order valence-corrected chi connectivity index (χ0v) is 20.6. The number of halogens is 1. The number of hydrogen-bond donors (Lipinski definition) is 2. The second-order valence-corrected chi connectivity index (χ2v) is 9.73. The first-order valence-corrected chi connectivity index (χ1v) is 12.4. The SMILES string of the molecule is COc1cc2c(cc1OC)C(Cc1ccc(-c3ccccc3NS(C)(=O)=O)cc1)NCC2.Cl. The van der Waals surface area contributed by atoms with Crippen LogP contribution >= 0.6 is 12.4 Å². The molecule has 0 bridgehead atoms. The third-order valence-electron chi connectivity index (χ3n) is 5.73. The maximum atomic E-state index is 11.7. The summed E-state index contributed by atoms with van der Waals surface area (Å²) >= 11 is 0. The first kappa shape index (κ1) is 24.9. The number of ether oxygens (including phenoxy) is 2. The van der Waals surface area contributed by atoms with Crippen molar-refractivity contribution in [1.29, 1.82) is 0 Å². The molecule has 6 nitrogen and oxygen atoms in total. The average Bonchev–Trinajstić information content (AvgIpc) is 2.78. The van der Waals surface area contributed by atoms with Crippen molar-refractivity contribution in [2.75, 3.05) is 31.7 Å². The lowest BCUT2D eigenvalue weighted by molar-refractivity contribution is 0.352. The Morgan fingerprint density at radius 2 is 1.67 bits per heavy atom. The Morgan fingerprint density at radius 3 is 2.33 bits per heavy atom. The molecule has 0 spiro atoms. The minimum absolute atomic E-state index is 0. The minimum Gasteiger partial charge on any atom is -0.493 e. The van der Waals surface area contributed by atoms with E-state index >= 15 is 0 Å². The Balaban J connectivity index is 0.00000306. The normalized spacial score (nSPS) is 15.2. The van der Waals surface area contributed by atoms with E-state index in [-0.39, 0.29) is 18.4 Å². The number of sulfonamides is 1. The Labute approximate surface area is 201 Å². The molecule has 0 aliphatic carbocycles. The number of anilines is 1. The molecule has 1 aliphatic rings. The van der Waals surface area contributed by atoms with Crippen molar-refractivity contribution < 1.29 is 17.9 Å². The summed E-state index contributed by atoms with van der Waals surface area (Å²) in [6, 6.07) is 20.0. The highest BCUT2D eigenvalue weighted by molar-refractivity contribution is 7.92. The van der Waals surface area contributed by atoms with Crippen LogP contribution in [0, 0.1) is 0 Å². The van der Waals surface area contributed by atoms with E-state index in [0.29, 0.717) is 5.69 Å². The van der Waals surface area contributed by atoms with Crippen molar-refractivity contribution >= 4 is 28.1 Å². The molecule has 3 aromatic rings. The second-order valence-electron chi connectivity index (χ2n) is 7.98. The lowest BCUT2D eigenvalue weighted by atomic mass is 9.89. The average molecular weight is 489 g/mol. The molecule has 0 amide bonds. The standard InChI is InChI=1S/C25H28N2O4S.ClH/c1-30-24-15-19-12-13-26-23(21(19)16-25(24)31-2)14-17-8-10-18(11-9-17)20-6-4-5-7-22(20)27-32(3,28)29;/h4-11,15-16,23,26-27H,12-14H2,1-3H3;1H. The molecule has 33 heavy (non-hydrogen) atoms. The molecule has 1 heterocycles. The number of fused-ring (bicyclic) bond motifs is 1.